The molecule has 0 radical (unpaired) electrons. The first-order valence-electron chi connectivity index (χ1n) is 9.03. The smallest absolute Gasteiger partial charge is 0.172 e. The lowest BCUT2D eigenvalue weighted by Crippen LogP contribution is -2.43. The number of benzene rings is 1. The predicted molar refractivity (Wildman–Crippen MR) is 125 cm³/mol. The second-order valence-corrected chi connectivity index (χ2v) is 9.54. The van der Waals surface area contributed by atoms with Gasteiger partial charge < -0.3 is 10.6 Å². The highest BCUT2D eigenvalue weighted by Crippen LogP contribution is 2.39. The minimum atomic E-state index is 0.0647. The predicted octanol–water partition coefficient (Wildman–Crippen LogP) is 6.76. The second kappa shape index (κ2) is 9.21. The van der Waals surface area contributed by atoms with E-state index < -0.39 is 0 Å². The molecule has 2 N–H and O–H groups in total. The zero-order valence-electron chi connectivity index (χ0n) is 15.1. The van der Waals surface area contributed by atoms with E-state index in [2.05, 4.69) is 59.6 Å². The van der Waals surface area contributed by atoms with Crippen LogP contribution >= 0.6 is 55.7 Å². The van der Waals surface area contributed by atoms with Gasteiger partial charge in [0, 0.05) is 27.7 Å². The Bertz CT molecular complexity index is 838. The number of nitrogens with zero attached hydrogens (tertiary/aromatic N) is 1. The molecular formula is C20H22Br2ClN3S. The van der Waals surface area contributed by atoms with E-state index in [9.17, 15) is 0 Å². The topological polar surface area (TPSA) is 37.0 Å². The molecule has 0 aliphatic heterocycles. The normalized spacial score (nSPS) is 16.0. The summed E-state index contributed by atoms with van der Waals surface area (Å²) < 4.78 is 1.86. The quantitative estimate of drug-likeness (QED) is 0.428. The molecule has 2 aromatic rings. The van der Waals surface area contributed by atoms with E-state index in [-0.39, 0.29) is 5.41 Å². The van der Waals surface area contributed by atoms with Gasteiger partial charge in [-0.25, -0.2) is 4.98 Å². The van der Waals surface area contributed by atoms with Crippen molar-refractivity contribution >= 4 is 66.6 Å². The molecule has 0 amide bonds. The van der Waals surface area contributed by atoms with Gasteiger partial charge in [0.25, 0.3) is 0 Å². The van der Waals surface area contributed by atoms with Gasteiger partial charge in [-0.15, -0.1) is 0 Å². The molecule has 1 fully saturated rings. The zero-order chi connectivity index (χ0) is 19.4. The van der Waals surface area contributed by atoms with Crippen molar-refractivity contribution in [3.63, 3.8) is 0 Å². The summed E-state index contributed by atoms with van der Waals surface area (Å²) >= 11 is 18.9. The van der Waals surface area contributed by atoms with Crippen LogP contribution in [0.4, 0.5) is 5.82 Å². The van der Waals surface area contributed by atoms with Crippen molar-refractivity contribution in [3.05, 3.63) is 55.6 Å². The molecule has 3 rings (SSSR count). The third kappa shape index (κ3) is 5.03. The molecule has 0 saturated heterocycles. The summed E-state index contributed by atoms with van der Waals surface area (Å²) in [4.78, 5) is 4.41. The van der Waals surface area contributed by atoms with Crippen molar-refractivity contribution in [3.8, 4) is 0 Å². The van der Waals surface area contributed by atoms with Crippen LogP contribution in [0.5, 0.6) is 0 Å². The highest BCUT2D eigenvalue weighted by atomic mass is 79.9. The summed E-state index contributed by atoms with van der Waals surface area (Å²) in [7, 11) is 0. The van der Waals surface area contributed by atoms with E-state index >= 15 is 0 Å². The summed E-state index contributed by atoms with van der Waals surface area (Å²) in [6.45, 7) is 2.81. The Kier molecular flexibility index (Phi) is 7.17. The molecule has 3 nitrogen and oxygen atoms in total. The van der Waals surface area contributed by atoms with Crippen LogP contribution in [0.2, 0.25) is 5.02 Å². The number of pyridine rings is 1. The minimum absolute atomic E-state index is 0.0647. The number of nitrogens with one attached hydrogen (secondary N) is 2. The van der Waals surface area contributed by atoms with Crippen molar-refractivity contribution in [1.29, 1.82) is 0 Å². The van der Waals surface area contributed by atoms with Crippen LogP contribution < -0.4 is 10.6 Å². The van der Waals surface area contributed by atoms with E-state index in [1.54, 1.807) is 6.20 Å². The Balaban J connectivity index is 1.72. The molecule has 144 valence electrons. The highest BCUT2D eigenvalue weighted by molar-refractivity contribution is 9.11. The van der Waals surface area contributed by atoms with Crippen molar-refractivity contribution in [1.82, 2.24) is 10.3 Å². The van der Waals surface area contributed by atoms with Gasteiger partial charge in [-0.05, 0) is 87.1 Å². The monoisotopic (exact) mass is 529 g/mol. The van der Waals surface area contributed by atoms with Gasteiger partial charge in [-0.2, -0.15) is 0 Å². The van der Waals surface area contributed by atoms with Crippen LogP contribution in [0.15, 0.2) is 39.4 Å². The Labute approximate surface area is 187 Å². The van der Waals surface area contributed by atoms with Gasteiger partial charge in [-0.1, -0.05) is 43.0 Å². The number of aromatic nitrogens is 1. The summed E-state index contributed by atoms with van der Waals surface area (Å²) in [5.74, 6) is 0.716. The molecule has 1 aromatic carbocycles. The average Bonchev–Trinajstić information content (AvgIpc) is 2.68. The van der Waals surface area contributed by atoms with E-state index in [1.807, 2.05) is 19.1 Å². The first kappa shape index (κ1) is 21.0. The maximum atomic E-state index is 6.27. The van der Waals surface area contributed by atoms with Crippen LogP contribution in [0, 0.1) is 6.92 Å². The third-order valence-electron chi connectivity index (χ3n) is 5.27. The molecule has 0 atom stereocenters. The lowest BCUT2D eigenvalue weighted by Gasteiger charge is -2.38. The molecule has 1 aliphatic rings. The van der Waals surface area contributed by atoms with Gasteiger partial charge in [0.05, 0.1) is 4.47 Å². The number of hydrogen-bond acceptors (Lipinski definition) is 2. The van der Waals surface area contributed by atoms with E-state index in [4.69, 9.17) is 23.8 Å². The lowest BCUT2D eigenvalue weighted by atomic mass is 9.69. The Morgan fingerprint density at radius 1 is 1.26 bits per heavy atom. The van der Waals surface area contributed by atoms with Crippen molar-refractivity contribution < 1.29 is 0 Å². The number of halogens is 3. The lowest BCUT2D eigenvalue weighted by molar-refractivity contribution is 0.292. The standard InChI is InChI=1S/C20H22Br2ClN3S/c1-13-16(21)11-24-18(17(13)22)26-19(27)25-12-20(8-3-2-4-9-20)14-6-5-7-15(23)10-14/h5-7,10-11H,2-4,8-9,12H2,1H3,(H2,24,25,26,27). The number of anilines is 1. The van der Waals surface area contributed by atoms with Crippen molar-refractivity contribution in [2.45, 2.75) is 44.4 Å². The number of thiocarbonyl (C=S) groups is 1. The molecule has 1 saturated carbocycles. The van der Waals surface area contributed by atoms with E-state index in [1.165, 1.54) is 24.8 Å². The summed E-state index contributed by atoms with van der Waals surface area (Å²) in [5.41, 5.74) is 2.44. The maximum Gasteiger partial charge on any atom is 0.172 e. The Hall–Kier alpha value is -0.690. The molecule has 1 heterocycles. The van der Waals surface area contributed by atoms with Crippen LogP contribution in [-0.2, 0) is 5.41 Å². The molecule has 0 spiro atoms. The fourth-order valence-electron chi connectivity index (χ4n) is 3.66. The second-order valence-electron chi connectivity index (χ2n) is 7.05. The molecule has 27 heavy (non-hydrogen) atoms. The minimum Gasteiger partial charge on any atom is -0.362 e. The fourth-order valence-corrected chi connectivity index (χ4v) is 5.00. The Morgan fingerprint density at radius 3 is 2.70 bits per heavy atom. The molecule has 7 heteroatoms. The molecule has 1 aromatic heterocycles. The summed E-state index contributed by atoms with van der Waals surface area (Å²) in [6.07, 6.45) is 7.81. The van der Waals surface area contributed by atoms with Gasteiger partial charge in [-0.3, -0.25) is 0 Å². The van der Waals surface area contributed by atoms with Gasteiger partial charge >= 0.3 is 0 Å². The van der Waals surface area contributed by atoms with Gasteiger partial charge in [0.15, 0.2) is 5.11 Å². The van der Waals surface area contributed by atoms with Crippen LogP contribution in [0.25, 0.3) is 0 Å². The van der Waals surface area contributed by atoms with Crippen molar-refractivity contribution in [2.24, 2.45) is 0 Å². The summed E-state index contributed by atoms with van der Waals surface area (Å²) in [6, 6.07) is 8.25. The average molecular weight is 532 g/mol. The SMILES string of the molecule is Cc1c(Br)cnc(NC(=S)NCC2(c3cccc(Cl)c3)CCCCC2)c1Br. The first-order chi connectivity index (χ1) is 12.9. The number of hydrogen-bond donors (Lipinski definition) is 2. The zero-order valence-corrected chi connectivity index (χ0v) is 19.9. The molecule has 0 unspecified atom stereocenters. The number of rotatable bonds is 4. The molecule has 1 aliphatic carbocycles. The van der Waals surface area contributed by atoms with E-state index in [0.717, 1.165) is 38.9 Å². The van der Waals surface area contributed by atoms with E-state index in [0.29, 0.717) is 10.9 Å². The molecule has 0 bridgehead atoms. The van der Waals surface area contributed by atoms with Gasteiger partial charge in [0.2, 0.25) is 0 Å². The first-order valence-corrected chi connectivity index (χ1v) is 11.4. The largest absolute Gasteiger partial charge is 0.362 e. The van der Waals surface area contributed by atoms with Gasteiger partial charge in [0.1, 0.15) is 5.82 Å². The fraction of sp³-hybridized carbons (Fsp3) is 0.400. The highest BCUT2D eigenvalue weighted by Gasteiger charge is 2.34. The Morgan fingerprint density at radius 2 is 2.00 bits per heavy atom. The van der Waals surface area contributed by atoms with Crippen LogP contribution in [-0.4, -0.2) is 16.6 Å². The maximum absolute atomic E-state index is 6.27. The third-order valence-corrected chi connectivity index (χ3v) is 7.52. The van der Waals surface area contributed by atoms with Crippen LogP contribution in [0.3, 0.4) is 0 Å². The molecular weight excluding hydrogens is 510 g/mol. The summed E-state index contributed by atoms with van der Waals surface area (Å²) in [5, 5.41) is 8.01. The van der Waals surface area contributed by atoms with Crippen molar-refractivity contribution in [2.75, 3.05) is 11.9 Å². The van der Waals surface area contributed by atoms with Crippen LogP contribution in [0.1, 0.15) is 43.2 Å².